The average molecular weight is 222 g/mol. The Morgan fingerprint density at radius 2 is 2.12 bits per heavy atom. The van der Waals surface area contributed by atoms with Gasteiger partial charge in [0.05, 0.1) is 12.2 Å². The summed E-state index contributed by atoms with van der Waals surface area (Å²) in [6.45, 7) is 4.19. The van der Waals surface area contributed by atoms with Gasteiger partial charge in [-0.2, -0.15) is 0 Å². The van der Waals surface area contributed by atoms with Gasteiger partial charge in [-0.05, 0) is 19.3 Å². The summed E-state index contributed by atoms with van der Waals surface area (Å²) in [7, 11) is 0. The molecule has 3 heterocycles. The van der Waals surface area contributed by atoms with E-state index in [0.717, 1.165) is 25.7 Å². The molecule has 3 aliphatic heterocycles. The predicted octanol–water partition coefficient (Wildman–Crippen LogP) is 2.21. The zero-order valence-electron chi connectivity index (χ0n) is 9.86. The summed E-state index contributed by atoms with van der Waals surface area (Å²) >= 11 is 0. The molecule has 0 radical (unpaired) electrons. The first kappa shape index (κ1) is 10.3. The van der Waals surface area contributed by atoms with E-state index in [1.807, 2.05) is 6.08 Å². The highest BCUT2D eigenvalue weighted by Crippen LogP contribution is 2.55. The summed E-state index contributed by atoms with van der Waals surface area (Å²) in [5.74, 6) is -0.0342. The highest BCUT2D eigenvalue weighted by molar-refractivity contribution is 5.82. The quantitative estimate of drug-likeness (QED) is 0.531. The molecule has 0 amide bonds. The standard InChI is InChI=1S/C13H18O3/c1-3-12(4-2)8-13(11(14)16-12)7-9-5-6-10(13)15-9/h5-6,9-10H,3-4,7-8H2,1-2H3. The molecule has 3 unspecified atom stereocenters. The monoisotopic (exact) mass is 222 g/mol. The van der Waals surface area contributed by atoms with Gasteiger partial charge >= 0.3 is 5.97 Å². The third-order valence-corrected chi connectivity index (χ3v) is 4.57. The summed E-state index contributed by atoms with van der Waals surface area (Å²) in [6, 6.07) is 0. The van der Waals surface area contributed by atoms with E-state index < -0.39 is 0 Å². The van der Waals surface area contributed by atoms with Crippen molar-refractivity contribution in [2.75, 3.05) is 0 Å². The molecule has 1 spiro atoms. The second kappa shape index (κ2) is 3.10. The second-order valence-corrected chi connectivity index (χ2v) is 5.30. The Hall–Kier alpha value is -0.830. The van der Waals surface area contributed by atoms with E-state index in [9.17, 15) is 4.79 Å². The van der Waals surface area contributed by atoms with Crippen LogP contribution in [0.3, 0.4) is 0 Å². The molecular formula is C13H18O3. The van der Waals surface area contributed by atoms with Crippen molar-refractivity contribution in [3.63, 3.8) is 0 Å². The van der Waals surface area contributed by atoms with Crippen LogP contribution in [0.4, 0.5) is 0 Å². The van der Waals surface area contributed by atoms with Gasteiger partial charge in [0.25, 0.3) is 0 Å². The normalized spacial score (nSPS) is 43.2. The molecule has 0 N–H and O–H groups in total. The van der Waals surface area contributed by atoms with Crippen LogP contribution in [-0.2, 0) is 14.3 Å². The van der Waals surface area contributed by atoms with E-state index in [0.29, 0.717) is 0 Å². The zero-order chi connectivity index (χ0) is 11.4. The van der Waals surface area contributed by atoms with Gasteiger partial charge in [-0.3, -0.25) is 4.79 Å². The molecule has 3 heteroatoms. The first-order chi connectivity index (χ1) is 7.64. The summed E-state index contributed by atoms with van der Waals surface area (Å²) < 4.78 is 11.4. The highest BCUT2D eigenvalue weighted by Gasteiger charge is 2.64. The van der Waals surface area contributed by atoms with E-state index in [1.165, 1.54) is 0 Å². The minimum atomic E-state index is -0.370. The summed E-state index contributed by atoms with van der Waals surface area (Å²) in [5, 5.41) is 0. The predicted molar refractivity (Wildman–Crippen MR) is 58.9 cm³/mol. The Bertz CT molecular complexity index is 356. The molecule has 16 heavy (non-hydrogen) atoms. The number of carbonyl (C=O) groups is 1. The maximum absolute atomic E-state index is 12.2. The molecule has 0 aromatic heterocycles. The number of esters is 1. The number of hydrogen-bond donors (Lipinski definition) is 0. The van der Waals surface area contributed by atoms with Crippen molar-refractivity contribution in [2.24, 2.45) is 5.41 Å². The van der Waals surface area contributed by atoms with Crippen LogP contribution in [0.5, 0.6) is 0 Å². The third-order valence-electron chi connectivity index (χ3n) is 4.57. The number of fused-ring (bicyclic) bond motifs is 3. The molecule has 3 aliphatic rings. The first-order valence-corrected chi connectivity index (χ1v) is 6.21. The summed E-state index contributed by atoms with van der Waals surface area (Å²) in [4.78, 5) is 12.2. The Labute approximate surface area is 95.8 Å². The van der Waals surface area contributed by atoms with Gasteiger partial charge in [0.15, 0.2) is 0 Å². The Morgan fingerprint density at radius 3 is 2.56 bits per heavy atom. The van der Waals surface area contributed by atoms with E-state index in [-0.39, 0.29) is 29.2 Å². The zero-order valence-corrected chi connectivity index (χ0v) is 9.86. The van der Waals surface area contributed by atoms with E-state index >= 15 is 0 Å². The van der Waals surface area contributed by atoms with Gasteiger partial charge in [-0.1, -0.05) is 26.0 Å². The van der Waals surface area contributed by atoms with Crippen molar-refractivity contribution < 1.29 is 14.3 Å². The van der Waals surface area contributed by atoms with Gasteiger partial charge in [0.2, 0.25) is 0 Å². The van der Waals surface area contributed by atoms with Gasteiger partial charge in [-0.15, -0.1) is 0 Å². The fraction of sp³-hybridized carbons (Fsp3) is 0.769. The molecule has 0 saturated carbocycles. The molecule has 0 aromatic rings. The van der Waals surface area contributed by atoms with Crippen LogP contribution in [0, 0.1) is 5.41 Å². The van der Waals surface area contributed by atoms with Gasteiger partial charge in [0, 0.05) is 6.42 Å². The summed E-state index contributed by atoms with van der Waals surface area (Å²) in [5.41, 5.74) is -0.607. The lowest BCUT2D eigenvalue weighted by atomic mass is 9.71. The van der Waals surface area contributed by atoms with E-state index in [2.05, 4.69) is 19.9 Å². The number of ether oxygens (including phenoxy) is 2. The van der Waals surface area contributed by atoms with Crippen LogP contribution in [0.2, 0.25) is 0 Å². The lowest BCUT2D eigenvalue weighted by molar-refractivity contribution is -0.155. The van der Waals surface area contributed by atoms with Crippen LogP contribution in [0.1, 0.15) is 39.5 Å². The SMILES string of the molecule is CCC1(CC)CC2(CC3C=CC2O3)C(=O)O1. The molecule has 3 nitrogen and oxygen atoms in total. The smallest absolute Gasteiger partial charge is 0.315 e. The minimum Gasteiger partial charge on any atom is -0.459 e. The number of rotatable bonds is 2. The van der Waals surface area contributed by atoms with Crippen LogP contribution in [0.25, 0.3) is 0 Å². The van der Waals surface area contributed by atoms with E-state index in [1.54, 1.807) is 0 Å². The van der Waals surface area contributed by atoms with Crippen molar-refractivity contribution >= 4 is 5.97 Å². The van der Waals surface area contributed by atoms with Crippen molar-refractivity contribution in [1.29, 1.82) is 0 Å². The van der Waals surface area contributed by atoms with Crippen molar-refractivity contribution in [3.8, 4) is 0 Å². The van der Waals surface area contributed by atoms with Crippen LogP contribution < -0.4 is 0 Å². The van der Waals surface area contributed by atoms with Crippen molar-refractivity contribution in [3.05, 3.63) is 12.2 Å². The molecule has 3 rings (SSSR count). The average Bonchev–Trinajstić information content (AvgIpc) is 2.94. The second-order valence-electron chi connectivity index (χ2n) is 5.30. The van der Waals surface area contributed by atoms with Crippen molar-refractivity contribution in [2.45, 2.75) is 57.3 Å². The highest BCUT2D eigenvalue weighted by atomic mass is 16.6. The number of carbonyl (C=O) groups excluding carboxylic acids is 1. The fourth-order valence-electron chi connectivity index (χ4n) is 3.41. The van der Waals surface area contributed by atoms with Crippen molar-refractivity contribution in [1.82, 2.24) is 0 Å². The summed E-state index contributed by atoms with van der Waals surface area (Å²) in [6.07, 6.45) is 7.66. The maximum Gasteiger partial charge on any atom is 0.315 e. The van der Waals surface area contributed by atoms with Crippen LogP contribution >= 0.6 is 0 Å². The number of hydrogen-bond acceptors (Lipinski definition) is 3. The van der Waals surface area contributed by atoms with Gasteiger partial charge in [-0.25, -0.2) is 0 Å². The first-order valence-electron chi connectivity index (χ1n) is 6.21. The van der Waals surface area contributed by atoms with E-state index in [4.69, 9.17) is 9.47 Å². The minimum absolute atomic E-state index is 0.0342. The lowest BCUT2D eigenvalue weighted by Crippen LogP contribution is -2.35. The Morgan fingerprint density at radius 1 is 1.38 bits per heavy atom. The molecule has 2 saturated heterocycles. The molecular weight excluding hydrogens is 204 g/mol. The largest absolute Gasteiger partial charge is 0.459 e. The topological polar surface area (TPSA) is 35.5 Å². The van der Waals surface area contributed by atoms with Crippen LogP contribution in [0.15, 0.2) is 12.2 Å². The molecule has 2 fully saturated rings. The molecule has 0 aliphatic carbocycles. The molecule has 88 valence electrons. The van der Waals surface area contributed by atoms with Gasteiger partial charge in [0.1, 0.15) is 11.0 Å². The molecule has 3 atom stereocenters. The lowest BCUT2D eigenvalue weighted by Gasteiger charge is -2.27. The fourth-order valence-corrected chi connectivity index (χ4v) is 3.41. The van der Waals surface area contributed by atoms with Crippen LogP contribution in [-0.4, -0.2) is 23.8 Å². The Balaban J connectivity index is 1.94. The number of cyclic esters (lactones) is 1. The third kappa shape index (κ3) is 1.10. The molecule has 2 bridgehead atoms. The maximum atomic E-state index is 12.2. The molecule has 0 aromatic carbocycles. The van der Waals surface area contributed by atoms with Gasteiger partial charge < -0.3 is 9.47 Å². The Kier molecular flexibility index (Phi) is 2.00.